The van der Waals surface area contributed by atoms with E-state index in [9.17, 15) is 9.59 Å². The molecule has 2 rings (SSSR count). The lowest BCUT2D eigenvalue weighted by Gasteiger charge is -2.08. The van der Waals surface area contributed by atoms with Crippen LogP contribution in [0.25, 0.3) is 0 Å². The molecule has 0 aliphatic rings. The maximum absolute atomic E-state index is 11.8. The van der Waals surface area contributed by atoms with Crippen molar-refractivity contribution in [2.24, 2.45) is 0 Å². The molecule has 1 aromatic heterocycles. The van der Waals surface area contributed by atoms with Crippen LogP contribution in [0, 0.1) is 0 Å². The van der Waals surface area contributed by atoms with E-state index in [4.69, 9.17) is 0 Å². The van der Waals surface area contributed by atoms with Crippen LogP contribution < -0.4 is 16.0 Å². The van der Waals surface area contributed by atoms with Gasteiger partial charge in [-0.2, -0.15) is 0 Å². The van der Waals surface area contributed by atoms with Gasteiger partial charge < -0.3 is 16.0 Å². The van der Waals surface area contributed by atoms with Crippen LogP contribution in [0.1, 0.15) is 19.0 Å². The molecule has 3 N–H and O–H groups in total. The number of rotatable bonds is 7. The van der Waals surface area contributed by atoms with E-state index in [0.717, 1.165) is 17.1 Å². The first-order chi connectivity index (χ1) is 11.1. The highest BCUT2D eigenvalue weighted by molar-refractivity contribution is 5.88. The van der Waals surface area contributed by atoms with Crippen molar-refractivity contribution in [2.75, 3.05) is 17.2 Å². The zero-order valence-corrected chi connectivity index (χ0v) is 13.0. The fourth-order valence-electron chi connectivity index (χ4n) is 1.98. The summed E-state index contributed by atoms with van der Waals surface area (Å²) in [7, 11) is 0. The standard InChI is InChI=1S/C17H20N4O2/c1-13(22)21-15-7-5-14(6-8-15)19-11-9-17(23)20-12-16-4-2-3-10-18-16/h2-8,10,19H,9,11-12H2,1H3,(H,20,23)(H,21,22). The number of benzene rings is 1. The lowest BCUT2D eigenvalue weighted by molar-refractivity contribution is -0.121. The number of nitrogens with one attached hydrogen (secondary N) is 3. The van der Waals surface area contributed by atoms with Crippen molar-refractivity contribution in [3.05, 3.63) is 54.4 Å². The van der Waals surface area contributed by atoms with Crippen LogP contribution >= 0.6 is 0 Å². The quantitative estimate of drug-likeness (QED) is 0.731. The molecule has 1 heterocycles. The fourth-order valence-corrected chi connectivity index (χ4v) is 1.98. The molecule has 0 atom stereocenters. The van der Waals surface area contributed by atoms with Crippen molar-refractivity contribution >= 4 is 23.2 Å². The first kappa shape index (κ1) is 16.5. The summed E-state index contributed by atoms with van der Waals surface area (Å²) in [4.78, 5) is 26.8. The van der Waals surface area contributed by atoms with Gasteiger partial charge in [0.1, 0.15) is 0 Å². The van der Waals surface area contributed by atoms with Crippen molar-refractivity contribution in [1.29, 1.82) is 0 Å². The molecule has 0 spiro atoms. The highest BCUT2D eigenvalue weighted by atomic mass is 16.2. The number of hydrogen-bond donors (Lipinski definition) is 3. The van der Waals surface area contributed by atoms with Gasteiger partial charge in [0.25, 0.3) is 0 Å². The van der Waals surface area contributed by atoms with E-state index in [1.807, 2.05) is 42.5 Å². The van der Waals surface area contributed by atoms with E-state index in [-0.39, 0.29) is 11.8 Å². The van der Waals surface area contributed by atoms with Crippen LogP contribution in [-0.4, -0.2) is 23.3 Å². The monoisotopic (exact) mass is 312 g/mol. The number of aromatic nitrogens is 1. The van der Waals surface area contributed by atoms with Crippen LogP contribution in [0.15, 0.2) is 48.7 Å². The Bertz CT molecular complexity index is 641. The van der Waals surface area contributed by atoms with Crippen molar-refractivity contribution in [3.63, 3.8) is 0 Å². The molecule has 0 radical (unpaired) electrons. The zero-order chi connectivity index (χ0) is 16.5. The largest absolute Gasteiger partial charge is 0.385 e. The van der Waals surface area contributed by atoms with Crippen LogP contribution in [-0.2, 0) is 16.1 Å². The minimum absolute atomic E-state index is 0.0296. The maximum Gasteiger partial charge on any atom is 0.222 e. The lowest BCUT2D eigenvalue weighted by Crippen LogP contribution is -2.25. The summed E-state index contributed by atoms with van der Waals surface area (Å²) in [6, 6.07) is 12.9. The Hall–Kier alpha value is -2.89. The third-order valence-electron chi connectivity index (χ3n) is 3.08. The first-order valence-corrected chi connectivity index (χ1v) is 7.41. The van der Waals surface area contributed by atoms with Gasteiger partial charge in [-0.3, -0.25) is 14.6 Å². The van der Waals surface area contributed by atoms with Crippen molar-refractivity contribution < 1.29 is 9.59 Å². The third kappa shape index (κ3) is 6.17. The number of nitrogens with zero attached hydrogens (tertiary/aromatic N) is 1. The van der Waals surface area contributed by atoms with Gasteiger partial charge in [-0.15, -0.1) is 0 Å². The number of pyridine rings is 1. The Balaban J connectivity index is 1.68. The predicted octanol–water partition coefficient (Wildman–Crippen LogP) is 2.16. The van der Waals surface area contributed by atoms with Gasteiger partial charge >= 0.3 is 0 Å². The van der Waals surface area contributed by atoms with E-state index in [0.29, 0.717) is 19.5 Å². The second-order valence-electron chi connectivity index (χ2n) is 5.03. The summed E-state index contributed by atoms with van der Waals surface area (Å²) in [5.74, 6) is -0.131. The van der Waals surface area contributed by atoms with Crippen molar-refractivity contribution in [1.82, 2.24) is 10.3 Å². The summed E-state index contributed by atoms with van der Waals surface area (Å²) < 4.78 is 0. The maximum atomic E-state index is 11.8. The van der Waals surface area contributed by atoms with Crippen molar-refractivity contribution in [2.45, 2.75) is 19.9 Å². The average Bonchev–Trinajstić information content (AvgIpc) is 2.55. The number of carbonyl (C=O) groups is 2. The Morgan fingerprint density at radius 2 is 1.78 bits per heavy atom. The second kappa shape index (κ2) is 8.53. The van der Waals surface area contributed by atoms with Gasteiger partial charge in [0.05, 0.1) is 12.2 Å². The SMILES string of the molecule is CC(=O)Nc1ccc(NCCC(=O)NCc2ccccn2)cc1. The third-order valence-corrected chi connectivity index (χ3v) is 3.08. The molecule has 0 saturated heterocycles. The van der Waals surface area contributed by atoms with Crippen LogP contribution in [0.2, 0.25) is 0 Å². The average molecular weight is 312 g/mol. The number of carbonyl (C=O) groups excluding carboxylic acids is 2. The Morgan fingerprint density at radius 1 is 1.04 bits per heavy atom. The minimum atomic E-state index is -0.102. The van der Waals surface area contributed by atoms with Gasteiger partial charge in [-0.05, 0) is 36.4 Å². The summed E-state index contributed by atoms with van der Waals surface area (Å²) in [5, 5.41) is 8.69. The molecule has 120 valence electrons. The molecule has 23 heavy (non-hydrogen) atoms. The molecule has 0 bridgehead atoms. The molecular formula is C17H20N4O2. The molecule has 2 amide bonds. The number of anilines is 2. The molecule has 6 heteroatoms. The smallest absolute Gasteiger partial charge is 0.222 e. The summed E-state index contributed by atoms with van der Waals surface area (Å²) in [6.07, 6.45) is 2.08. The lowest BCUT2D eigenvalue weighted by atomic mass is 10.2. The highest BCUT2D eigenvalue weighted by Gasteiger charge is 2.02. The van der Waals surface area contributed by atoms with Gasteiger partial charge in [-0.25, -0.2) is 0 Å². The molecular weight excluding hydrogens is 292 g/mol. The van der Waals surface area contributed by atoms with Gasteiger partial charge in [-0.1, -0.05) is 6.07 Å². The van der Waals surface area contributed by atoms with Gasteiger partial charge in [0, 0.05) is 37.5 Å². The molecule has 0 fully saturated rings. The van der Waals surface area contributed by atoms with E-state index in [1.54, 1.807) is 6.20 Å². The summed E-state index contributed by atoms with van der Waals surface area (Å²) >= 11 is 0. The molecule has 2 aromatic rings. The minimum Gasteiger partial charge on any atom is -0.385 e. The molecule has 0 aliphatic heterocycles. The highest BCUT2D eigenvalue weighted by Crippen LogP contribution is 2.13. The first-order valence-electron chi connectivity index (χ1n) is 7.41. The van der Waals surface area contributed by atoms with Gasteiger partial charge in [0.2, 0.25) is 11.8 Å². The predicted molar refractivity (Wildman–Crippen MR) is 89.9 cm³/mol. The van der Waals surface area contributed by atoms with Crippen LogP contribution in [0.3, 0.4) is 0 Å². The topological polar surface area (TPSA) is 83.1 Å². The Kier molecular flexibility index (Phi) is 6.11. The van der Waals surface area contributed by atoms with Crippen molar-refractivity contribution in [3.8, 4) is 0 Å². The van der Waals surface area contributed by atoms with Gasteiger partial charge in [0.15, 0.2) is 0 Å². The molecule has 0 unspecified atom stereocenters. The Labute approximate surface area is 135 Å². The summed E-state index contributed by atoms with van der Waals surface area (Å²) in [6.45, 7) is 2.44. The molecule has 0 aliphatic carbocycles. The van der Waals surface area contributed by atoms with E-state index < -0.39 is 0 Å². The molecule has 6 nitrogen and oxygen atoms in total. The Morgan fingerprint density at radius 3 is 2.43 bits per heavy atom. The number of hydrogen-bond acceptors (Lipinski definition) is 4. The van der Waals surface area contributed by atoms with E-state index in [1.165, 1.54) is 6.92 Å². The van der Waals surface area contributed by atoms with Crippen LogP contribution in [0.5, 0.6) is 0 Å². The normalized spacial score (nSPS) is 9.96. The second-order valence-corrected chi connectivity index (χ2v) is 5.03. The molecule has 0 saturated carbocycles. The zero-order valence-electron chi connectivity index (χ0n) is 13.0. The summed E-state index contributed by atoms with van der Waals surface area (Å²) in [5.41, 5.74) is 2.48. The molecule has 1 aromatic carbocycles. The fraction of sp³-hybridized carbons (Fsp3) is 0.235. The van der Waals surface area contributed by atoms with Crippen LogP contribution in [0.4, 0.5) is 11.4 Å². The van der Waals surface area contributed by atoms with E-state index in [2.05, 4.69) is 20.9 Å². The van der Waals surface area contributed by atoms with E-state index >= 15 is 0 Å². The number of amides is 2.